The van der Waals surface area contributed by atoms with Crippen LogP contribution >= 0.6 is 26.6 Å². The Labute approximate surface area is 116 Å². The number of hydrogen-bond acceptors (Lipinski definition) is 3. The molecule has 1 fully saturated rings. The van der Waals surface area contributed by atoms with Crippen LogP contribution in [0.4, 0.5) is 4.39 Å². The largest absolute Gasteiger partial charge is 0.324 e. The van der Waals surface area contributed by atoms with Crippen LogP contribution in [0.3, 0.4) is 0 Å². The highest BCUT2D eigenvalue weighted by molar-refractivity contribution is 9.10. The van der Waals surface area contributed by atoms with Gasteiger partial charge in [0.15, 0.2) is 0 Å². The summed E-state index contributed by atoms with van der Waals surface area (Å²) in [5.74, 6) is -1.24. The monoisotopic (exact) mass is 355 g/mol. The summed E-state index contributed by atoms with van der Waals surface area (Å²) >= 11 is 3.10. The van der Waals surface area contributed by atoms with Gasteiger partial charge in [0.25, 0.3) is 0 Å². The van der Waals surface area contributed by atoms with E-state index in [1.807, 2.05) is 0 Å². The van der Waals surface area contributed by atoms with E-state index >= 15 is 0 Å². The Bertz CT molecular complexity index is 636. The molecule has 18 heavy (non-hydrogen) atoms. The number of carbonyl (C=O) groups is 1. The zero-order chi connectivity index (χ0) is 13.7. The molecular formula is C10H8BrClFNO3S. The van der Waals surface area contributed by atoms with Crippen LogP contribution in [0, 0.1) is 5.82 Å². The molecule has 1 heterocycles. The lowest BCUT2D eigenvalue weighted by atomic mass is 9.82. The summed E-state index contributed by atoms with van der Waals surface area (Å²) in [5, 5.41) is 0. The summed E-state index contributed by atoms with van der Waals surface area (Å²) in [4.78, 5) is 11.4. The fraction of sp³-hybridized carbons (Fsp3) is 0.300. The summed E-state index contributed by atoms with van der Waals surface area (Å²) in [5.41, 5.74) is -1.14. The normalized spacial score (nSPS) is 24.0. The zero-order valence-electron chi connectivity index (χ0n) is 9.15. The van der Waals surface area contributed by atoms with E-state index in [9.17, 15) is 17.6 Å². The van der Waals surface area contributed by atoms with E-state index < -0.39 is 26.5 Å². The van der Waals surface area contributed by atoms with Crippen molar-refractivity contribution in [2.45, 2.75) is 18.9 Å². The van der Waals surface area contributed by atoms with Gasteiger partial charge in [-0.2, -0.15) is 8.42 Å². The molecule has 1 aromatic carbocycles. The highest BCUT2D eigenvalue weighted by Gasteiger charge is 2.55. The van der Waals surface area contributed by atoms with Gasteiger partial charge in [0.1, 0.15) is 5.82 Å². The maximum absolute atomic E-state index is 13.8. The van der Waals surface area contributed by atoms with Crippen LogP contribution in [-0.2, 0) is 19.6 Å². The average Bonchev–Trinajstić information content (AvgIpc) is 2.12. The zero-order valence-corrected chi connectivity index (χ0v) is 12.3. The van der Waals surface area contributed by atoms with Crippen LogP contribution in [-0.4, -0.2) is 18.6 Å². The molecule has 0 saturated carbocycles. The first-order valence-electron chi connectivity index (χ1n) is 4.89. The number of β-lactam (4-membered cyclic amide) rings is 1. The van der Waals surface area contributed by atoms with Crippen LogP contribution in [0.25, 0.3) is 0 Å². The molecule has 2 rings (SSSR count). The van der Waals surface area contributed by atoms with Crippen molar-refractivity contribution in [1.29, 1.82) is 0 Å². The van der Waals surface area contributed by atoms with Crippen molar-refractivity contribution in [2.75, 3.05) is 0 Å². The number of hydrogen-bond donors (Lipinski definition) is 0. The van der Waals surface area contributed by atoms with Crippen molar-refractivity contribution in [3.63, 3.8) is 0 Å². The van der Waals surface area contributed by atoms with Gasteiger partial charge in [-0.05, 0) is 19.1 Å². The summed E-state index contributed by atoms with van der Waals surface area (Å²) in [6, 6.07) is 4.22. The molecule has 1 aromatic rings. The predicted molar refractivity (Wildman–Crippen MR) is 67.7 cm³/mol. The molecule has 4 nitrogen and oxygen atoms in total. The summed E-state index contributed by atoms with van der Waals surface area (Å²) in [6.07, 6.45) is -0.0997. The first-order chi connectivity index (χ1) is 8.16. The maximum atomic E-state index is 13.8. The van der Waals surface area contributed by atoms with Gasteiger partial charge in [-0.3, -0.25) is 4.79 Å². The van der Waals surface area contributed by atoms with E-state index in [1.165, 1.54) is 19.1 Å². The van der Waals surface area contributed by atoms with Gasteiger partial charge in [-0.1, -0.05) is 22.0 Å². The third-order valence-corrected chi connectivity index (χ3v) is 4.85. The van der Waals surface area contributed by atoms with Crippen molar-refractivity contribution in [2.24, 2.45) is 0 Å². The molecule has 1 unspecified atom stereocenters. The van der Waals surface area contributed by atoms with E-state index in [1.54, 1.807) is 6.07 Å². The molecule has 0 aromatic heterocycles. The highest BCUT2D eigenvalue weighted by Crippen LogP contribution is 2.45. The number of halogens is 3. The van der Waals surface area contributed by atoms with Crippen molar-refractivity contribution in [3.8, 4) is 0 Å². The van der Waals surface area contributed by atoms with Crippen LogP contribution in [0.5, 0.6) is 0 Å². The van der Waals surface area contributed by atoms with Crippen molar-refractivity contribution >= 4 is 41.8 Å². The van der Waals surface area contributed by atoms with Gasteiger partial charge in [-0.15, -0.1) is 0 Å². The predicted octanol–water partition coefficient (Wildman–Crippen LogP) is 2.52. The molecule has 8 heteroatoms. The number of nitrogens with zero attached hydrogens (tertiary/aromatic N) is 1. The molecule has 0 spiro atoms. The number of benzene rings is 1. The van der Waals surface area contributed by atoms with Gasteiger partial charge < -0.3 is 0 Å². The highest BCUT2D eigenvalue weighted by atomic mass is 79.9. The Balaban J connectivity index is 2.53. The van der Waals surface area contributed by atoms with Gasteiger partial charge in [0.05, 0.1) is 12.0 Å². The maximum Gasteiger partial charge on any atom is 0.324 e. The van der Waals surface area contributed by atoms with Crippen LogP contribution in [0.15, 0.2) is 22.7 Å². The van der Waals surface area contributed by atoms with E-state index in [0.717, 1.165) is 0 Å². The minimum Gasteiger partial charge on any atom is -0.274 e. The second-order valence-corrected chi connectivity index (χ2v) is 7.45. The summed E-state index contributed by atoms with van der Waals surface area (Å²) < 4.78 is 37.5. The van der Waals surface area contributed by atoms with Crippen LogP contribution in [0.2, 0.25) is 0 Å². The first-order valence-corrected chi connectivity index (χ1v) is 7.95. The molecule has 0 radical (unpaired) electrons. The topological polar surface area (TPSA) is 54.5 Å². The molecule has 98 valence electrons. The third kappa shape index (κ3) is 2.04. The minimum atomic E-state index is -4.22. The standard InChI is InChI=1S/C10H8BrClFNO3S/c1-10(5-9(15)14(10)18(12,16)17)7-3-2-6(11)4-8(7)13/h2-4H,5H2,1H3. The molecule has 1 aliphatic heterocycles. The molecule has 1 atom stereocenters. The summed E-state index contributed by atoms with van der Waals surface area (Å²) in [7, 11) is 0.973. The lowest BCUT2D eigenvalue weighted by Gasteiger charge is -2.47. The lowest BCUT2D eigenvalue weighted by molar-refractivity contribution is -0.144. The van der Waals surface area contributed by atoms with Crippen molar-refractivity contribution in [1.82, 2.24) is 4.31 Å². The fourth-order valence-electron chi connectivity index (χ4n) is 2.12. The Morgan fingerprint density at radius 1 is 1.50 bits per heavy atom. The van der Waals surface area contributed by atoms with Crippen molar-refractivity contribution < 1.29 is 17.6 Å². The second-order valence-electron chi connectivity index (χ2n) is 4.18. The first kappa shape index (κ1) is 13.8. The van der Waals surface area contributed by atoms with Crippen molar-refractivity contribution in [3.05, 3.63) is 34.1 Å². The number of rotatable bonds is 2. The molecule has 0 aliphatic carbocycles. The van der Waals surface area contributed by atoms with E-state index in [-0.39, 0.29) is 12.0 Å². The molecule has 1 amide bonds. The Morgan fingerprint density at radius 3 is 2.56 bits per heavy atom. The Kier molecular flexibility index (Phi) is 3.19. The van der Waals surface area contributed by atoms with Gasteiger partial charge >= 0.3 is 9.24 Å². The number of carbonyl (C=O) groups excluding carboxylic acids is 1. The molecular weight excluding hydrogens is 349 g/mol. The van der Waals surface area contributed by atoms with E-state index in [0.29, 0.717) is 8.78 Å². The quantitative estimate of drug-likeness (QED) is 0.604. The van der Waals surface area contributed by atoms with E-state index in [2.05, 4.69) is 15.9 Å². The van der Waals surface area contributed by atoms with E-state index in [4.69, 9.17) is 10.7 Å². The molecule has 0 bridgehead atoms. The number of amides is 1. The molecule has 1 aliphatic rings. The van der Waals surface area contributed by atoms with Crippen LogP contribution < -0.4 is 0 Å². The Morgan fingerprint density at radius 2 is 2.11 bits per heavy atom. The fourth-order valence-corrected chi connectivity index (χ4v) is 4.09. The lowest BCUT2D eigenvalue weighted by Crippen LogP contribution is -2.60. The average molecular weight is 357 g/mol. The summed E-state index contributed by atoms with van der Waals surface area (Å²) in [6.45, 7) is 1.46. The Hall–Kier alpha value is -0.660. The SMILES string of the molecule is CC1(c2ccc(Br)cc2F)CC(=O)N1S(=O)(=O)Cl. The van der Waals surface area contributed by atoms with Gasteiger partial charge in [-0.25, -0.2) is 8.70 Å². The molecule has 0 N–H and O–H groups in total. The van der Waals surface area contributed by atoms with Crippen LogP contribution in [0.1, 0.15) is 18.9 Å². The smallest absolute Gasteiger partial charge is 0.274 e. The van der Waals surface area contributed by atoms with Gasteiger partial charge in [0.2, 0.25) is 5.91 Å². The molecule has 1 saturated heterocycles. The van der Waals surface area contributed by atoms with Gasteiger partial charge in [0, 0.05) is 20.7 Å². The third-order valence-electron chi connectivity index (χ3n) is 2.90. The second kappa shape index (κ2) is 4.18. The minimum absolute atomic E-state index is 0.0997.